The molecule has 0 aliphatic carbocycles. The number of hydrogen-bond donors (Lipinski definition) is 2. The molecule has 3 N–H and O–H groups in total. The molecule has 13 heavy (non-hydrogen) atoms. The van der Waals surface area contributed by atoms with Gasteiger partial charge >= 0.3 is 0 Å². The van der Waals surface area contributed by atoms with Crippen molar-refractivity contribution in [3.63, 3.8) is 0 Å². The van der Waals surface area contributed by atoms with Crippen LogP contribution in [0.25, 0.3) is 0 Å². The number of furan rings is 1. The Hall–Kier alpha value is -1.00. The summed E-state index contributed by atoms with van der Waals surface area (Å²) in [6, 6.07) is 3.59. The predicted molar refractivity (Wildman–Crippen MR) is 51.5 cm³/mol. The Labute approximate surface area is 82.9 Å². The fourth-order valence-electron chi connectivity index (χ4n) is 0.818. The van der Waals surface area contributed by atoms with Crippen molar-refractivity contribution < 1.29 is 9.21 Å². The summed E-state index contributed by atoms with van der Waals surface area (Å²) in [5.74, 6) is 0.703. The van der Waals surface area contributed by atoms with Gasteiger partial charge in [-0.05, 0) is 12.1 Å². The SMILES string of the molecule is Cl.NCCC(=O)NCc1ccco1. The molecule has 0 atom stereocenters. The van der Waals surface area contributed by atoms with E-state index in [1.807, 2.05) is 6.07 Å². The van der Waals surface area contributed by atoms with E-state index in [1.54, 1.807) is 12.3 Å². The van der Waals surface area contributed by atoms with Crippen molar-refractivity contribution in [2.75, 3.05) is 6.54 Å². The van der Waals surface area contributed by atoms with Gasteiger partial charge < -0.3 is 15.5 Å². The van der Waals surface area contributed by atoms with E-state index in [0.717, 1.165) is 5.76 Å². The van der Waals surface area contributed by atoms with Crippen molar-refractivity contribution >= 4 is 18.3 Å². The molecule has 1 heterocycles. The van der Waals surface area contributed by atoms with Gasteiger partial charge in [0.25, 0.3) is 0 Å². The second-order valence-electron chi connectivity index (χ2n) is 2.39. The van der Waals surface area contributed by atoms with E-state index in [4.69, 9.17) is 10.2 Å². The van der Waals surface area contributed by atoms with Gasteiger partial charge in [-0.1, -0.05) is 0 Å². The smallest absolute Gasteiger partial charge is 0.221 e. The van der Waals surface area contributed by atoms with Gasteiger partial charge in [-0.2, -0.15) is 0 Å². The molecular weight excluding hydrogens is 192 g/mol. The lowest BCUT2D eigenvalue weighted by molar-refractivity contribution is -0.121. The molecule has 1 aromatic heterocycles. The van der Waals surface area contributed by atoms with Crippen LogP contribution in [0, 0.1) is 0 Å². The number of amides is 1. The summed E-state index contributed by atoms with van der Waals surface area (Å²) in [6.45, 7) is 0.815. The normalized spacial score (nSPS) is 9.00. The Morgan fingerprint density at radius 3 is 2.92 bits per heavy atom. The van der Waals surface area contributed by atoms with Crippen molar-refractivity contribution in [1.82, 2.24) is 5.32 Å². The van der Waals surface area contributed by atoms with Crippen LogP contribution in [0.3, 0.4) is 0 Å². The van der Waals surface area contributed by atoms with Crippen LogP contribution in [0.2, 0.25) is 0 Å². The Balaban J connectivity index is 0.00000144. The lowest BCUT2D eigenvalue weighted by atomic mass is 10.4. The first-order valence-electron chi connectivity index (χ1n) is 3.82. The fraction of sp³-hybridized carbons (Fsp3) is 0.375. The molecular formula is C8H13ClN2O2. The highest BCUT2D eigenvalue weighted by atomic mass is 35.5. The third-order valence-corrected chi connectivity index (χ3v) is 1.41. The molecule has 1 rings (SSSR count). The topological polar surface area (TPSA) is 68.3 Å². The molecule has 1 amide bonds. The molecule has 5 heteroatoms. The van der Waals surface area contributed by atoms with Crippen molar-refractivity contribution in [3.8, 4) is 0 Å². The Kier molecular flexibility index (Phi) is 6.01. The molecule has 0 aliphatic rings. The molecule has 4 nitrogen and oxygen atoms in total. The Morgan fingerprint density at radius 2 is 2.38 bits per heavy atom. The molecule has 74 valence electrons. The van der Waals surface area contributed by atoms with E-state index < -0.39 is 0 Å². The largest absolute Gasteiger partial charge is 0.467 e. The van der Waals surface area contributed by atoms with Crippen LogP contribution >= 0.6 is 12.4 Å². The van der Waals surface area contributed by atoms with Gasteiger partial charge in [0.1, 0.15) is 5.76 Å². The van der Waals surface area contributed by atoms with Crippen molar-refractivity contribution in [3.05, 3.63) is 24.2 Å². The van der Waals surface area contributed by atoms with E-state index >= 15 is 0 Å². The number of carbonyl (C=O) groups excluding carboxylic acids is 1. The Bertz CT molecular complexity index is 236. The van der Waals surface area contributed by atoms with Crippen molar-refractivity contribution in [2.45, 2.75) is 13.0 Å². The minimum Gasteiger partial charge on any atom is -0.467 e. The maximum absolute atomic E-state index is 10.9. The zero-order valence-corrected chi connectivity index (χ0v) is 7.97. The van der Waals surface area contributed by atoms with Crippen LogP contribution in [0.1, 0.15) is 12.2 Å². The van der Waals surface area contributed by atoms with E-state index in [9.17, 15) is 4.79 Å². The van der Waals surface area contributed by atoms with Gasteiger partial charge in [0.15, 0.2) is 0 Å². The van der Waals surface area contributed by atoms with Gasteiger partial charge in [-0.25, -0.2) is 0 Å². The molecule has 0 spiro atoms. The van der Waals surface area contributed by atoms with E-state index in [-0.39, 0.29) is 18.3 Å². The number of nitrogens with two attached hydrogens (primary N) is 1. The summed E-state index contributed by atoms with van der Waals surface area (Å²) in [4.78, 5) is 10.9. The molecule has 0 bridgehead atoms. The standard InChI is InChI=1S/C8H12N2O2.ClH/c9-4-3-8(11)10-6-7-2-1-5-12-7;/h1-2,5H,3-4,6,9H2,(H,10,11);1H. The van der Waals surface area contributed by atoms with Crippen molar-refractivity contribution in [2.24, 2.45) is 5.73 Å². The second-order valence-corrected chi connectivity index (χ2v) is 2.39. The zero-order valence-electron chi connectivity index (χ0n) is 7.16. The highest BCUT2D eigenvalue weighted by Crippen LogP contribution is 1.98. The second kappa shape index (κ2) is 6.51. The monoisotopic (exact) mass is 204 g/mol. The van der Waals surface area contributed by atoms with E-state index in [1.165, 1.54) is 0 Å². The summed E-state index contributed by atoms with van der Waals surface area (Å²) >= 11 is 0. The number of carbonyl (C=O) groups is 1. The van der Waals surface area contributed by atoms with Crippen molar-refractivity contribution in [1.29, 1.82) is 0 Å². The average molecular weight is 205 g/mol. The lowest BCUT2D eigenvalue weighted by Crippen LogP contribution is -2.24. The van der Waals surface area contributed by atoms with Gasteiger partial charge in [-0.15, -0.1) is 12.4 Å². The fourth-order valence-corrected chi connectivity index (χ4v) is 0.818. The van der Waals surface area contributed by atoms with Crippen LogP contribution in [-0.4, -0.2) is 12.5 Å². The number of hydrogen-bond acceptors (Lipinski definition) is 3. The number of nitrogens with one attached hydrogen (secondary N) is 1. The lowest BCUT2D eigenvalue weighted by Gasteiger charge is -2.00. The highest BCUT2D eigenvalue weighted by molar-refractivity contribution is 5.85. The molecule has 0 aromatic carbocycles. The quantitative estimate of drug-likeness (QED) is 0.758. The molecule has 0 fully saturated rings. The molecule has 0 saturated heterocycles. The maximum atomic E-state index is 10.9. The molecule has 0 radical (unpaired) electrons. The summed E-state index contributed by atoms with van der Waals surface area (Å²) in [5.41, 5.74) is 5.19. The average Bonchev–Trinajstić information content (AvgIpc) is 2.53. The van der Waals surface area contributed by atoms with Crippen LogP contribution < -0.4 is 11.1 Å². The summed E-state index contributed by atoms with van der Waals surface area (Å²) < 4.78 is 5.02. The predicted octanol–water partition coefficient (Wildman–Crippen LogP) is 0.666. The molecule has 0 unspecified atom stereocenters. The first-order valence-corrected chi connectivity index (χ1v) is 3.82. The summed E-state index contributed by atoms with van der Waals surface area (Å²) in [6.07, 6.45) is 1.94. The zero-order chi connectivity index (χ0) is 8.81. The maximum Gasteiger partial charge on any atom is 0.221 e. The van der Waals surface area contributed by atoms with Gasteiger partial charge in [0.05, 0.1) is 12.8 Å². The van der Waals surface area contributed by atoms with Crippen LogP contribution in [0.15, 0.2) is 22.8 Å². The van der Waals surface area contributed by atoms with E-state index in [0.29, 0.717) is 19.5 Å². The van der Waals surface area contributed by atoms with Crippen LogP contribution in [0.4, 0.5) is 0 Å². The van der Waals surface area contributed by atoms with Gasteiger partial charge in [0.2, 0.25) is 5.91 Å². The van der Waals surface area contributed by atoms with Crippen LogP contribution in [0.5, 0.6) is 0 Å². The molecule has 1 aromatic rings. The van der Waals surface area contributed by atoms with Gasteiger partial charge in [-0.3, -0.25) is 4.79 Å². The number of halogens is 1. The first-order chi connectivity index (χ1) is 5.83. The minimum atomic E-state index is -0.0473. The number of rotatable bonds is 4. The third kappa shape index (κ3) is 4.55. The third-order valence-electron chi connectivity index (χ3n) is 1.41. The van der Waals surface area contributed by atoms with E-state index in [2.05, 4.69) is 5.32 Å². The molecule has 0 saturated carbocycles. The van der Waals surface area contributed by atoms with Crippen LogP contribution in [-0.2, 0) is 11.3 Å². The first kappa shape index (κ1) is 12.0. The Morgan fingerprint density at radius 1 is 1.62 bits per heavy atom. The molecule has 0 aliphatic heterocycles. The minimum absolute atomic E-state index is 0. The summed E-state index contributed by atoms with van der Waals surface area (Å²) in [7, 11) is 0. The highest BCUT2D eigenvalue weighted by Gasteiger charge is 1.99. The van der Waals surface area contributed by atoms with Gasteiger partial charge in [0, 0.05) is 13.0 Å². The summed E-state index contributed by atoms with van der Waals surface area (Å²) in [5, 5.41) is 2.67.